The SMILES string of the molecule is COc1cccc(-c2nn(-c3ccccc3)cc2C(=O)NNC(=O)CC(C)C)c1. The van der Waals surface area contributed by atoms with Gasteiger partial charge >= 0.3 is 0 Å². The normalized spacial score (nSPS) is 10.6. The topological polar surface area (TPSA) is 85.2 Å². The maximum absolute atomic E-state index is 12.8. The van der Waals surface area contributed by atoms with Gasteiger partial charge in [0, 0.05) is 18.2 Å². The molecule has 1 aromatic heterocycles. The number of ether oxygens (including phenoxy) is 1. The summed E-state index contributed by atoms with van der Waals surface area (Å²) < 4.78 is 6.93. The van der Waals surface area contributed by atoms with Crippen LogP contribution in [0.1, 0.15) is 30.6 Å². The first-order valence-corrected chi connectivity index (χ1v) is 9.36. The highest BCUT2D eigenvalue weighted by molar-refractivity contribution is 6.00. The predicted molar refractivity (Wildman–Crippen MR) is 111 cm³/mol. The fourth-order valence-corrected chi connectivity index (χ4v) is 2.85. The second kappa shape index (κ2) is 9.05. The molecule has 3 aromatic rings. The van der Waals surface area contributed by atoms with Crippen molar-refractivity contribution < 1.29 is 14.3 Å². The summed E-state index contributed by atoms with van der Waals surface area (Å²) in [6, 6.07) is 16.8. The van der Waals surface area contributed by atoms with Crippen molar-refractivity contribution >= 4 is 11.8 Å². The van der Waals surface area contributed by atoms with E-state index in [1.165, 1.54) is 0 Å². The molecular formula is C22H24N4O3. The van der Waals surface area contributed by atoms with Crippen molar-refractivity contribution in [2.45, 2.75) is 20.3 Å². The smallest absolute Gasteiger partial charge is 0.273 e. The highest BCUT2D eigenvalue weighted by atomic mass is 16.5. The van der Waals surface area contributed by atoms with Gasteiger partial charge in [-0.2, -0.15) is 5.10 Å². The molecule has 0 saturated carbocycles. The monoisotopic (exact) mass is 392 g/mol. The lowest BCUT2D eigenvalue weighted by atomic mass is 10.1. The summed E-state index contributed by atoms with van der Waals surface area (Å²) in [5.74, 6) is 0.169. The minimum absolute atomic E-state index is 0.195. The third-order valence-corrected chi connectivity index (χ3v) is 4.23. The molecule has 2 amide bonds. The van der Waals surface area contributed by atoms with Gasteiger partial charge in [0.2, 0.25) is 5.91 Å². The molecule has 2 aromatic carbocycles. The molecule has 0 aliphatic carbocycles. The molecule has 150 valence electrons. The van der Waals surface area contributed by atoms with E-state index in [1.807, 2.05) is 68.4 Å². The summed E-state index contributed by atoms with van der Waals surface area (Å²) in [6.07, 6.45) is 1.97. The molecule has 0 unspecified atom stereocenters. The number of hydrogen-bond acceptors (Lipinski definition) is 4. The van der Waals surface area contributed by atoms with Crippen LogP contribution in [0.3, 0.4) is 0 Å². The van der Waals surface area contributed by atoms with Crippen LogP contribution in [0.15, 0.2) is 60.8 Å². The first kappa shape index (κ1) is 20.1. The number of carbonyl (C=O) groups excluding carboxylic acids is 2. The number of carbonyl (C=O) groups is 2. The van der Waals surface area contributed by atoms with E-state index in [-0.39, 0.29) is 11.8 Å². The van der Waals surface area contributed by atoms with Crippen LogP contribution >= 0.6 is 0 Å². The summed E-state index contributed by atoms with van der Waals surface area (Å²) in [6.45, 7) is 3.87. The summed E-state index contributed by atoms with van der Waals surface area (Å²) in [5, 5.41) is 4.61. The van der Waals surface area contributed by atoms with Crippen molar-refractivity contribution in [3.63, 3.8) is 0 Å². The van der Waals surface area contributed by atoms with E-state index in [1.54, 1.807) is 18.0 Å². The molecule has 7 nitrogen and oxygen atoms in total. The summed E-state index contributed by atoms with van der Waals surface area (Å²) in [5.41, 5.74) is 7.33. The molecule has 0 aliphatic heterocycles. The Kier molecular flexibility index (Phi) is 6.29. The fourth-order valence-electron chi connectivity index (χ4n) is 2.85. The Hall–Kier alpha value is -3.61. The molecule has 0 saturated heterocycles. The number of hydrazine groups is 1. The summed E-state index contributed by atoms with van der Waals surface area (Å²) >= 11 is 0. The van der Waals surface area contributed by atoms with E-state index < -0.39 is 5.91 Å². The van der Waals surface area contributed by atoms with E-state index in [9.17, 15) is 9.59 Å². The zero-order valence-electron chi connectivity index (χ0n) is 16.7. The Bertz CT molecular complexity index is 996. The van der Waals surface area contributed by atoms with Crippen LogP contribution in [0, 0.1) is 5.92 Å². The van der Waals surface area contributed by atoms with Gasteiger partial charge in [0.1, 0.15) is 11.4 Å². The summed E-state index contributed by atoms with van der Waals surface area (Å²) in [4.78, 5) is 24.7. The molecule has 0 spiro atoms. The number of methoxy groups -OCH3 is 1. The lowest BCUT2D eigenvalue weighted by molar-refractivity contribution is -0.122. The molecule has 0 atom stereocenters. The lowest BCUT2D eigenvalue weighted by Gasteiger charge is -2.09. The summed E-state index contributed by atoms with van der Waals surface area (Å²) in [7, 11) is 1.58. The molecule has 2 N–H and O–H groups in total. The van der Waals surface area contributed by atoms with Crippen LogP contribution in [-0.4, -0.2) is 28.7 Å². The second-order valence-corrected chi connectivity index (χ2v) is 7.00. The standard InChI is InChI=1S/C22H24N4O3/c1-15(2)12-20(27)23-24-22(28)19-14-26(17-9-5-4-6-10-17)25-21(19)16-8-7-11-18(13-16)29-3/h4-11,13-15H,12H2,1-3H3,(H,23,27)(H,24,28). The van der Waals surface area contributed by atoms with Gasteiger partial charge < -0.3 is 4.74 Å². The van der Waals surface area contributed by atoms with Crippen molar-refractivity contribution in [1.82, 2.24) is 20.6 Å². The Morgan fingerprint density at radius 1 is 1.07 bits per heavy atom. The maximum Gasteiger partial charge on any atom is 0.273 e. The van der Waals surface area contributed by atoms with Gasteiger partial charge in [-0.05, 0) is 30.2 Å². The average molecular weight is 392 g/mol. The molecule has 0 fully saturated rings. The highest BCUT2D eigenvalue weighted by Gasteiger charge is 2.19. The third-order valence-electron chi connectivity index (χ3n) is 4.23. The van der Waals surface area contributed by atoms with Crippen molar-refractivity contribution in [2.75, 3.05) is 7.11 Å². The Balaban J connectivity index is 1.94. The van der Waals surface area contributed by atoms with Gasteiger partial charge in [-0.3, -0.25) is 20.4 Å². The van der Waals surface area contributed by atoms with E-state index in [0.29, 0.717) is 23.4 Å². The van der Waals surface area contributed by atoms with Crippen molar-refractivity contribution in [1.29, 1.82) is 0 Å². The Morgan fingerprint density at radius 2 is 1.83 bits per heavy atom. The molecule has 0 bridgehead atoms. The van der Waals surface area contributed by atoms with Crippen LogP contribution in [0.25, 0.3) is 16.9 Å². The minimum Gasteiger partial charge on any atom is -0.497 e. The maximum atomic E-state index is 12.8. The molecule has 3 rings (SSSR count). The van der Waals surface area contributed by atoms with Crippen LogP contribution in [0.5, 0.6) is 5.75 Å². The first-order chi connectivity index (χ1) is 14.0. The minimum atomic E-state index is -0.442. The van der Waals surface area contributed by atoms with Crippen molar-refractivity contribution in [3.8, 4) is 22.7 Å². The molecule has 0 radical (unpaired) electrons. The number of nitrogens with one attached hydrogen (secondary N) is 2. The van der Waals surface area contributed by atoms with Gasteiger partial charge in [-0.25, -0.2) is 4.68 Å². The van der Waals surface area contributed by atoms with Crippen LogP contribution in [0.2, 0.25) is 0 Å². The second-order valence-electron chi connectivity index (χ2n) is 7.00. The van der Waals surface area contributed by atoms with Gasteiger partial charge in [0.05, 0.1) is 18.4 Å². The fraction of sp³-hybridized carbons (Fsp3) is 0.227. The Labute approximate surface area is 169 Å². The van der Waals surface area contributed by atoms with E-state index in [0.717, 1.165) is 11.3 Å². The third kappa shape index (κ3) is 5.01. The largest absolute Gasteiger partial charge is 0.497 e. The number of rotatable bonds is 6. The van der Waals surface area contributed by atoms with E-state index >= 15 is 0 Å². The van der Waals surface area contributed by atoms with Gasteiger partial charge in [0.25, 0.3) is 5.91 Å². The quantitative estimate of drug-likeness (QED) is 0.630. The number of aromatic nitrogens is 2. The number of benzene rings is 2. The van der Waals surface area contributed by atoms with Crippen molar-refractivity contribution in [2.24, 2.45) is 5.92 Å². The zero-order chi connectivity index (χ0) is 20.8. The lowest BCUT2D eigenvalue weighted by Crippen LogP contribution is -2.42. The number of para-hydroxylation sites is 1. The van der Waals surface area contributed by atoms with E-state index in [2.05, 4.69) is 16.0 Å². The molecule has 7 heteroatoms. The van der Waals surface area contributed by atoms with Crippen LogP contribution in [0.4, 0.5) is 0 Å². The number of nitrogens with zero attached hydrogens (tertiary/aromatic N) is 2. The molecule has 0 aliphatic rings. The van der Waals surface area contributed by atoms with E-state index in [4.69, 9.17) is 4.74 Å². The van der Waals surface area contributed by atoms with Gasteiger partial charge in [-0.15, -0.1) is 0 Å². The van der Waals surface area contributed by atoms with Crippen LogP contribution in [-0.2, 0) is 4.79 Å². The zero-order valence-corrected chi connectivity index (χ0v) is 16.7. The molecular weight excluding hydrogens is 368 g/mol. The van der Waals surface area contributed by atoms with Crippen molar-refractivity contribution in [3.05, 3.63) is 66.4 Å². The predicted octanol–water partition coefficient (Wildman–Crippen LogP) is 3.36. The highest BCUT2D eigenvalue weighted by Crippen LogP contribution is 2.26. The molecule has 29 heavy (non-hydrogen) atoms. The molecule has 1 heterocycles. The number of amides is 2. The van der Waals surface area contributed by atoms with Gasteiger partial charge in [-0.1, -0.05) is 44.2 Å². The van der Waals surface area contributed by atoms with Gasteiger partial charge in [0.15, 0.2) is 0 Å². The first-order valence-electron chi connectivity index (χ1n) is 9.36. The Morgan fingerprint density at radius 3 is 2.52 bits per heavy atom. The number of hydrogen-bond donors (Lipinski definition) is 2. The van der Waals surface area contributed by atoms with Crippen LogP contribution < -0.4 is 15.6 Å². The average Bonchev–Trinajstić information content (AvgIpc) is 3.18.